The van der Waals surface area contributed by atoms with Gasteiger partial charge in [-0.05, 0) is 30.2 Å². The van der Waals surface area contributed by atoms with Gasteiger partial charge in [-0.3, -0.25) is 0 Å². The molecule has 0 unspecified atom stereocenters. The van der Waals surface area contributed by atoms with Gasteiger partial charge in [-0.25, -0.2) is 4.98 Å². The van der Waals surface area contributed by atoms with Crippen LogP contribution in [-0.4, -0.2) is 16.6 Å². The molecular weight excluding hydrogens is 248 g/mol. The van der Waals surface area contributed by atoms with E-state index in [2.05, 4.69) is 9.97 Å². The van der Waals surface area contributed by atoms with Gasteiger partial charge >= 0.3 is 0 Å². The molecule has 0 radical (unpaired) electrons. The van der Waals surface area contributed by atoms with Gasteiger partial charge in [0.25, 0.3) is 0 Å². The molecule has 0 aliphatic rings. The van der Waals surface area contributed by atoms with E-state index in [1.54, 1.807) is 6.20 Å². The monoisotopic (exact) mass is 260 g/mol. The number of nitrogens with zero attached hydrogens (tertiary/aromatic N) is 2. The molecule has 0 saturated heterocycles. The van der Waals surface area contributed by atoms with Gasteiger partial charge in [0.15, 0.2) is 0 Å². The van der Waals surface area contributed by atoms with Crippen molar-refractivity contribution in [1.82, 2.24) is 9.97 Å². The standard InChI is InChI=1S/C14H13ClN2O/c1-11-10-16-14(15)17-13(11)18-9-5-8-12-6-3-2-4-7-12/h2-8,10H,9H2,1H3. The highest BCUT2D eigenvalue weighted by molar-refractivity contribution is 6.28. The molecule has 2 rings (SSSR count). The fourth-order valence-electron chi connectivity index (χ4n) is 1.43. The van der Waals surface area contributed by atoms with Gasteiger partial charge in [0, 0.05) is 11.8 Å². The van der Waals surface area contributed by atoms with Crippen LogP contribution in [0.1, 0.15) is 11.1 Å². The van der Waals surface area contributed by atoms with Crippen LogP contribution < -0.4 is 4.74 Å². The topological polar surface area (TPSA) is 35.0 Å². The molecule has 0 spiro atoms. The van der Waals surface area contributed by atoms with Crippen molar-refractivity contribution in [2.24, 2.45) is 0 Å². The van der Waals surface area contributed by atoms with Crippen molar-refractivity contribution >= 4 is 17.7 Å². The average Bonchev–Trinajstić information content (AvgIpc) is 2.40. The number of aromatic nitrogens is 2. The molecule has 0 fully saturated rings. The summed E-state index contributed by atoms with van der Waals surface area (Å²) in [6, 6.07) is 10.0. The van der Waals surface area contributed by atoms with Crippen molar-refractivity contribution in [3.05, 3.63) is 59.0 Å². The van der Waals surface area contributed by atoms with Crippen LogP contribution in [0.4, 0.5) is 0 Å². The number of hydrogen-bond acceptors (Lipinski definition) is 3. The first-order chi connectivity index (χ1) is 8.75. The van der Waals surface area contributed by atoms with Crippen LogP contribution in [0.5, 0.6) is 5.88 Å². The summed E-state index contributed by atoms with van der Waals surface area (Å²) in [5.41, 5.74) is 2.01. The average molecular weight is 261 g/mol. The fraction of sp³-hybridized carbons (Fsp3) is 0.143. The molecule has 4 heteroatoms. The Balaban J connectivity index is 1.92. The van der Waals surface area contributed by atoms with Gasteiger partial charge in [0.05, 0.1) is 0 Å². The highest BCUT2D eigenvalue weighted by atomic mass is 35.5. The van der Waals surface area contributed by atoms with Crippen LogP contribution >= 0.6 is 11.6 Å². The molecular formula is C14H13ClN2O. The predicted octanol–water partition coefficient (Wildman–Crippen LogP) is 3.53. The molecule has 0 amide bonds. The Morgan fingerprint density at radius 1 is 1.28 bits per heavy atom. The summed E-state index contributed by atoms with van der Waals surface area (Å²) < 4.78 is 5.52. The molecule has 0 aliphatic carbocycles. The molecule has 0 atom stereocenters. The lowest BCUT2D eigenvalue weighted by molar-refractivity contribution is 0.345. The third-order valence-electron chi connectivity index (χ3n) is 2.32. The van der Waals surface area contributed by atoms with E-state index >= 15 is 0 Å². The second-order valence-electron chi connectivity index (χ2n) is 3.75. The number of rotatable bonds is 4. The van der Waals surface area contributed by atoms with Crippen molar-refractivity contribution < 1.29 is 4.74 Å². The van der Waals surface area contributed by atoms with Crippen molar-refractivity contribution in [3.63, 3.8) is 0 Å². The second kappa shape index (κ2) is 6.17. The van der Waals surface area contributed by atoms with E-state index in [0.717, 1.165) is 11.1 Å². The van der Waals surface area contributed by atoms with E-state index in [-0.39, 0.29) is 5.28 Å². The molecule has 3 nitrogen and oxygen atoms in total. The number of hydrogen-bond donors (Lipinski definition) is 0. The molecule has 1 aromatic carbocycles. The minimum Gasteiger partial charge on any atom is -0.473 e. The van der Waals surface area contributed by atoms with Gasteiger partial charge in [-0.2, -0.15) is 4.98 Å². The van der Waals surface area contributed by atoms with E-state index < -0.39 is 0 Å². The van der Waals surface area contributed by atoms with Crippen LogP contribution in [0.2, 0.25) is 5.28 Å². The third-order valence-corrected chi connectivity index (χ3v) is 2.50. The Hall–Kier alpha value is -1.87. The molecule has 0 aliphatic heterocycles. The predicted molar refractivity (Wildman–Crippen MR) is 72.8 cm³/mol. The van der Waals surface area contributed by atoms with Gasteiger partial charge in [0.1, 0.15) is 6.61 Å². The highest BCUT2D eigenvalue weighted by Gasteiger charge is 2.01. The summed E-state index contributed by atoms with van der Waals surface area (Å²) in [6.07, 6.45) is 5.58. The van der Waals surface area contributed by atoms with Gasteiger partial charge < -0.3 is 4.74 Å². The SMILES string of the molecule is Cc1cnc(Cl)nc1OCC=Cc1ccccc1. The van der Waals surface area contributed by atoms with Gasteiger partial charge in [-0.1, -0.05) is 36.4 Å². The quantitative estimate of drug-likeness (QED) is 0.789. The number of halogens is 1. The lowest BCUT2D eigenvalue weighted by Gasteiger charge is -2.04. The summed E-state index contributed by atoms with van der Waals surface area (Å²) in [4.78, 5) is 7.89. The highest BCUT2D eigenvalue weighted by Crippen LogP contribution is 2.15. The van der Waals surface area contributed by atoms with Crippen LogP contribution in [0.3, 0.4) is 0 Å². The van der Waals surface area contributed by atoms with Gasteiger partial charge in [0.2, 0.25) is 11.2 Å². The summed E-state index contributed by atoms with van der Waals surface area (Å²) >= 11 is 5.71. The molecule has 1 aromatic heterocycles. The first-order valence-electron chi connectivity index (χ1n) is 5.59. The molecule has 0 saturated carbocycles. The van der Waals surface area contributed by atoms with Crippen molar-refractivity contribution in [2.75, 3.05) is 6.61 Å². The second-order valence-corrected chi connectivity index (χ2v) is 4.09. The molecule has 92 valence electrons. The summed E-state index contributed by atoms with van der Waals surface area (Å²) in [6.45, 7) is 2.33. The van der Waals surface area contributed by atoms with E-state index in [0.29, 0.717) is 12.5 Å². The smallest absolute Gasteiger partial charge is 0.225 e. The maximum atomic E-state index is 5.71. The Morgan fingerprint density at radius 2 is 2.06 bits per heavy atom. The zero-order valence-corrected chi connectivity index (χ0v) is 10.8. The maximum Gasteiger partial charge on any atom is 0.225 e. The van der Waals surface area contributed by atoms with Crippen molar-refractivity contribution in [3.8, 4) is 5.88 Å². The maximum absolute atomic E-state index is 5.71. The lowest BCUT2D eigenvalue weighted by Crippen LogP contribution is -1.99. The number of benzene rings is 1. The third kappa shape index (κ3) is 3.57. The number of ether oxygens (including phenoxy) is 1. The zero-order valence-electron chi connectivity index (χ0n) is 10.0. The van der Waals surface area contributed by atoms with Crippen LogP contribution in [-0.2, 0) is 0 Å². The van der Waals surface area contributed by atoms with E-state index in [4.69, 9.17) is 16.3 Å². The molecule has 2 aromatic rings. The normalized spacial score (nSPS) is 10.8. The molecule has 0 N–H and O–H groups in total. The Labute approximate surface area is 111 Å². The fourth-order valence-corrected chi connectivity index (χ4v) is 1.55. The lowest BCUT2D eigenvalue weighted by atomic mass is 10.2. The Kier molecular flexibility index (Phi) is 4.31. The summed E-state index contributed by atoms with van der Waals surface area (Å²) in [5, 5.41) is 0.197. The van der Waals surface area contributed by atoms with Crippen LogP contribution in [0, 0.1) is 6.92 Å². The van der Waals surface area contributed by atoms with E-state index in [1.807, 2.05) is 49.4 Å². The first kappa shape index (κ1) is 12.6. The van der Waals surface area contributed by atoms with Crippen LogP contribution in [0.25, 0.3) is 6.08 Å². The van der Waals surface area contributed by atoms with E-state index in [9.17, 15) is 0 Å². The molecule has 1 heterocycles. The summed E-state index contributed by atoms with van der Waals surface area (Å²) in [7, 11) is 0. The van der Waals surface area contributed by atoms with Crippen LogP contribution in [0.15, 0.2) is 42.6 Å². The minimum atomic E-state index is 0.197. The summed E-state index contributed by atoms with van der Waals surface area (Å²) in [5.74, 6) is 0.521. The molecule has 0 bridgehead atoms. The minimum absolute atomic E-state index is 0.197. The largest absolute Gasteiger partial charge is 0.473 e. The molecule has 18 heavy (non-hydrogen) atoms. The Bertz CT molecular complexity index is 541. The number of aryl methyl sites for hydroxylation is 1. The van der Waals surface area contributed by atoms with E-state index in [1.165, 1.54) is 0 Å². The Morgan fingerprint density at radius 3 is 2.83 bits per heavy atom. The zero-order chi connectivity index (χ0) is 12.8. The van der Waals surface area contributed by atoms with Gasteiger partial charge in [-0.15, -0.1) is 0 Å². The van der Waals surface area contributed by atoms with Crippen molar-refractivity contribution in [2.45, 2.75) is 6.92 Å². The first-order valence-corrected chi connectivity index (χ1v) is 5.97. The van der Waals surface area contributed by atoms with Crippen molar-refractivity contribution in [1.29, 1.82) is 0 Å².